The van der Waals surface area contributed by atoms with Gasteiger partial charge in [-0.3, -0.25) is 0 Å². The van der Waals surface area contributed by atoms with Crippen LogP contribution >= 0.6 is 0 Å². The molecule has 0 unspecified atom stereocenters. The molecule has 0 radical (unpaired) electrons. The highest BCUT2D eigenvalue weighted by Crippen LogP contribution is 2.28. The molecule has 16 heavy (non-hydrogen) atoms. The quantitative estimate of drug-likeness (QED) is 0.804. The van der Waals surface area contributed by atoms with Crippen LogP contribution in [0.15, 0.2) is 16.7 Å². The van der Waals surface area contributed by atoms with Gasteiger partial charge in [-0.25, -0.2) is 8.78 Å². The first-order chi connectivity index (χ1) is 7.61. The summed E-state index contributed by atoms with van der Waals surface area (Å²) in [5.41, 5.74) is 5.19. The van der Waals surface area contributed by atoms with Crippen molar-refractivity contribution in [2.45, 2.75) is 6.54 Å². The summed E-state index contributed by atoms with van der Waals surface area (Å²) in [6, 6.07) is 1.43. The largest absolute Gasteiger partial charge is 0.507 e. The van der Waals surface area contributed by atoms with Gasteiger partial charge in [-0.05, 0) is 6.07 Å². The summed E-state index contributed by atoms with van der Waals surface area (Å²) < 4.78 is 30.3. The topological polar surface area (TPSA) is 85.2 Å². The first-order valence-corrected chi connectivity index (χ1v) is 4.33. The predicted molar refractivity (Wildman–Crippen MR) is 49.2 cm³/mol. The van der Waals surface area contributed by atoms with Crippen LogP contribution in [0.2, 0.25) is 0 Å². The lowest BCUT2D eigenvalue weighted by Gasteiger charge is -2.00. The maximum absolute atomic E-state index is 12.9. The van der Waals surface area contributed by atoms with Gasteiger partial charge in [0, 0.05) is 6.07 Å². The third-order valence-electron chi connectivity index (χ3n) is 1.92. The maximum atomic E-state index is 12.9. The summed E-state index contributed by atoms with van der Waals surface area (Å²) in [4.78, 5) is 3.78. The van der Waals surface area contributed by atoms with Crippen molar-refractivity contribution >= 4 is 0 Å². The molecule has 2 aromatic rings. The predicted octanol–water partition coefficient (Wildman–Crippen LogP) is 1.18. The molecule has 0 atom stereocenters. The van der Waals surface area contributed by atoms with Crippen LogP contribution in [0.25, 0.3) is 11.4 Å². The van der Waals surface area contributed by atoms with Crippen molar-refractivity contribution in [3.05, 3.63) is 29.7 Å². The number of hydrogen-bond donors (Lipinski definition) is 2. The number of phenolic OH excluding ortho intramolecular Hbond substituents is 1. The Labute approximate surface area is 88.5 Å². The average Bonchev–Trinajstić information content (AvgIpc) is 2.71. The summed E-state index contributed by atoms with van der Waals surface area (Å²) >= 11 is 0. The lowest BCUT2D eigenvalue weighted by molar-refractivity contribution is 0.380. The van der Waals surface area contributed by atoms with Crippen molar-refractivity contribution in [3.63, 3.8) is 0 Å². The van der Waals surface area contributed by atoms with Gasteiger partial charge < -0.3 is 15.4 Å². The molecule has 0 bridgehead atoms. The van der Waals surface area contributed by atoms with E-state index in [4.69, 9.17) is 5.73 Å². The minimum Gasteiger partial charge on any atom is -0.507 e. The van der Waals surface area contributed by atoms with E-state index in [0.717, 1.165) is 6.07 Å². The number of nitrogens with two attached hydrogens (primary N) is 1. The lowest BCUT2D eigenvalue weighted by Crippen LogP contribution is -1.96. The highest BCUT2D eigenvalue weighted by molar-refractivity contribution is 5.63. The standard InChI is InChI=1S/C9H7F2N3O2/c10-5-1-4(7(15)2-6(5)11)9-13-8(3-12)16-14-9/h1-2,15H,3,12H2. The van der Waals surface area contributed by atoms with E-state index in [1.165, 1.54) is 0 Å². The Morgan fingerprint density at radius 1 is 1.31 bits per heavy atom. The monoisotopic (exact) mass is 227 g/mol. The number of rotatable bonds is 2. The summed E-state index contributed by atoms with van der Waals surface area (Å²) in [7, 11) is 0. The van der Waals surface area contributed by atoms with Gasteiger partial charge in [-0.1, -0.05) is 5.16 Å². The molecule has 0 aliphatic carbocycles. The molecule has 1 aromatic heterocycles. The van der Waals surface area contributed by atoms with Gasteiger partial charge in [0.25, 0.3) is 0 Å². The molecular formula is C9H7F2N3O2. The fraction of sp³-hybridized carbons (Fsp3) is 0.111. The van der Waals surface area contributed by atoms with Gasteiger partial charge in [0.05, 0.1) is 12.1 Å². The molecule has 1 heterocycles. The number of nitrogens with zero attached hydrogens (tertiary/aromatic N) is 2. The van der Waals surface area contributed by atoms with Crippen molar-refractivity contribution < 1.29 is 18.4 Å². The highest BCUT2D eigenvalue weighted by Gasteiger charge is 2.15. The van der Waals surface area contributed by atoms with Crippen LogP contribution < -0.4 is 5.73 Å². The second-order valence-corrected chi connectivity index (χ2v) is 3.00. The third kappa shape index (κ3) is 1.72. The number of aromatic hydroxyl groups is 1. The lowest BCUT2D eigenvalue weighted by atomic mass is 10.2. The number of phenols is 1. The van der Waals surface area contributed by atoms with Crippen LogP contribution in [0, 0.1) is 11.6 Å². The molecule has 0 spiro atoms. The second kappa shape index (κ2) is 3.86. The molecule has 7 heteroatoms. The number of halogens is 2. The Morgan fingerprint density at radius 2 is 2.00 bits per heavy atom. The van der Waals surface area contributed by atoms with Crippen molar-refractivity contribution in [2.24, 2.45) is 5.73 Å². The summed E-state index contributed by atoms with van der Waals surface area (Å²) in [5, 5.41) is 12.9. The van der Waals surface area contributed by atoms with Crippen LogP contribution in [-0.4, -0.2) is 15.2 Å². The number of aromatic nitrogens is 2. The van der Waals surface area contributed by atoms with E-state index in [2.05, 4.69) is 14.7 Å². The molecule has 0 amide bonds. The highest BCUT2D eigenvalue weighted by atomic mass is 19.2. The zero-order valence-corrected chi connectivity index (χ0v) is 7.94. The Hall–Kier alpha value is -2.02. The SMILES string of the molecule is NCc1nc(-c2cc(F)c(F)cc2O)no1. The first kappa shape index (κ1) is 10.5. The van der Waals surface area contributed by atoms with Crippen molar-refractivity contribution in [1.29, 1.82) is 0 Å². The summed E-state index contributed by atoms with van der Waals surface area (Å²) in [5.74, 6) is -2.63. The van der Waals surface area contributed by atoms with E-state index in [0.29, 0.717) is 6.07 Å². The molecule has 2 rings (SSSR count). The zero-order valence-electron chi connectivity index (χ0n) is 7.94. The van der Waals surface area contributed by atoms with Crippen molar-refractivity contribution in [1.82, 2.24) is 10.1 Å². The van der Waals surface area contributed by atoms with Gasteiger partial charge in [-0.2, -0.15) is 4.98 Å². The first-order valence-electron chi connectivity index (χ1n) is 4.33. The average molecular weight is 227 g/mol. The molecule has 0 fully saturated rings. The van der Waals surface area contributed by atoms with Crippen LogP contribution in [-0.2, 0) is 6.54 Å². The maximum Gasteiger partial charge on any atom is 0.240 e. The third-order valence-corrected chi connectivity index (χ3v) is 1.92. The van der Waals surface area contributed by atoms with Crippen LogP contribution in [0.4, 0.5) is 8.78 Å². The van der Waals surface area contributed by atoms with Crippen LogP contribution in [0.1, 0.15) is 5.89 Å². The molecule has 5 nitrogen and oxygen atoms in total. The molecule has 0 aliphatic rings. The van der Waals surface area contributed by atoms with Gasteiger partial charge in [0.2, 0.25) is 11.7 Å². The molecule has 0 aliphatic heterocycles. The Morgan fingerprint density at radius 3 is 2.62 bits per heavy atom. The van der Waals surface area contributed by atoms with Gasteiger partial charge in [0.15, 0.2) is 11.6 Å². The second-order valence-electron chi connectivity index (χ2n) is 3.00. The number of hydrogen-bond acceptors (Lipinski definition) is 5. The van der Waals surface area contributed by atoms with Crippen molar-refractivity contribution in [3.8, 4) is 17.1 Å². The molecular weight excluding hydrogens is 220 g/mol. The Kier molecular flexibility index (Phi) is 2.53. The summed E-state index contributed by atoms with van der Waals surface area (Å²) in [6.07, 6.45) is 0. The van der Waals surface area contributed by atoms with Gasteiger partial charge in [0.1, 0.15) is 5.75 Å². The Balaban J connectivity index is 2.51. The van der Waals surface area contributed by atoms with Crippen LogP contribution in [0.3, 0.4) is 0 Å². The molecule has 1 aromatic carbocycles. The van der Waals surface area contributed by atoms with E-state index in [1.54, 1.807) is 0 Å². The van der Waals surface area contributed by atoms with E-state index in [-0.39, 0.29) is 23.8 Å². The van der Waals surface area contributed by atoms with Gasteiger partial charge in [-0.15, -0.1) is 0 Å². The number of benzene rings is 1. The minimum atomic E-state index is -1.15. The molecule has 0 saturated carbocycles. The molecule has 3 N–H and O–H groups in total. The van der Waals surface area contributed by atoms with E-state index in [9.17, 15) is 13.9 Å². The fourth-order valence-electron chi connectivity index (χ4n) is 1.16. The summed E-state index contributed by atoms with van der Waals surface area (Å²) in [6.45, 7) is 0.0252. The minimum absolute atomic E-state index is 0.0252. The van der Waals surface area contributed by atoms with E-state index in [1.807, 2.05) is 0 Å². The van der Waals surface area contributed by atoms with E-state index >= 15 is 0 Å². The van der Waals surface area contributed by atoms with Crippen LogP contribution in [0.5, 0.6) is 5.75 Å². The Bertz CT molecular complexity index is 527. The van der Waals surface area contributed by atoms with Crippen molar-refractivity contribution in [2.75, 3.05) is 0 Å². The zero-order chi connectivity index (χ0) is 11.7. The normalized spacial score (nSPS) is 10.7. The van der Waals surface area contributed by atoms with E-state index < -0.39 is 17.4 Å². The fourth-order valence-corrected chi connectivity index (χ4v) is 1.16. The van der Waals surface area contributed by atoms with Gasteiger partial charge >= 0.3 is 0 Å². The molecule has 0 saturated heterocycles. The molecule has 84 valence electrons. The smallest absolute Gasteiger partial charge is 0.240 e.